The number of nitrogens with one attached hydrogen (secondary N) is 1. The van der Waals surface area contributed by atoms with Gasteiger partial charge in [-0.3, -0.25) is 0 Å². The van der Waals surface area contributed by atoms with Gasteiger partial charge in [-0.05, 0) is 34.0 Å². The number of benzene rings is 1. The fourth-order valence-corrected chi connectivity index (χ4v) is 1.86. The van der Waals surface area contributed by atoms with E-state index in [0.717, 1.165) is 5.56 Å². The molecule has 2 aromatic rings. The Balaban J connectivity index is 2.18. The Hall–Kier alpha value is -1.27. The first-order chi connectivity index (χ1) is 7.68. The van der Waals surface area contributed by atoms with Crippen molar-refractivity contribution in [3.63, 3.8) is 0 Å². The molecule has 84 valence electrons. The zero-order valence-electron chi connectivity index (χ0n) is 8.32. The fraction of sp³-hybridized carbons (Fsp3) is 0.200. The number of nitrogens with two attached hydrogens (primary N) is 1. The van der Waals surface area contributed by atoms with Gasteiger partial charge in [0, 0.05) is 0 Å². The molecular weight excluding hydrogens is 275 g/mol. The van der Waals surface area contributed by atoms with Crippen molar-refractivity contribution >= 4 is 15.9 Å². The van der Waals surface area contributed by atoms with Crippen molar-refractivity contribution < 1.29 is 4.39 Å². The minimum Gasteiger partial charge on any atom is -0.322 e. The quantitative estimate of drug-likeness (QED) is 0.905. The van der Waals surface area contributed by atoms with Crippen LogP contribution in [0.3, 0.4) is 0 Å². The first kappa shape index (κ1) is 11.2. The normalized spacial score (nSPS) is 12.7. The molecule has 6 heteroatoms. The highest BCUT2D eigenvalue weighted by Crippen LogP contribution is 2.24. The maximum atomic E-state index is 13.3. The summed E-state index contributed by atoms with van der Waals surface area (Å²) in [5, 5.41) is 10.1. The van der Waals surface area contributed by atoms with E-state index < -0.39 is 0 Å². The lowest BCUT2D eigenvalue weighted by molar-refractivity contribution is 0.612. The Morgan fingerprint density at radius 3 is 3.00 bits per heavy atom. The molecule has 1 aromatic carbocycles. The van der Waals surface area contributed by atoms with Crippen molar-refractivity contribution in [3.8, 4) is 0 Å². The molecule has 0 bridgehead atoms. The van der Waals surface area contributed by atoms with Crippen LogP contribution < -0.4 is 5.73 Å². The Kier molecular flexibility index (Phi) is 3.31. The van der Waals surface area contributed by atoms with E-state index in [2.05, 4.69) is 31.3 Å². The van der Waals surface area contributed by atoms with Crippen molar-refractivity contribution in [3.05, 3.63) is 45.9 Å². The molecule has 0 aliphatic carbocycles. The average molecular weight is 285 g/mol. The van der Waals surface area contributed by atoms with Gasteiger partial charge in [0.15, 0.2) is 0 Å². The molecule has 1 heterocycles. The monoisotopic (exact) mass is 284 g/mol. The zero-order chi connectivity index (χ0) is 11.5. The van der Waals surface area contributed by atoms with Gasteiger partial charge >= 0.3 is 0 Å². The van der Waals surface area contributed by atoms with Crippen molar-refractivity contribution in [1.82, 2.24) is 15.4 Å². The Labute approximate surface area is 100 Å². The van der Waals surface area contributed by atoms with Crippen LogP contribution in [0.25, 0.3) is 0 Å². The standard InChI is InChI=1S/C10H10BrFN4/c11-10-6(2-1-3-7(10)12)4-8(13)9-5-14-16-15-9/h1-3,5,8H,4,13H2,(H,14,15,16). The number of rotatable bonds is 3. The van der Waals surface area contributed by atoms with Crippen LogP contribution in [0, 0.1) is 5.82 Å². The summed E-state index contributed by atoms with van der Waals surface area (Å²) in [5.74, 6) is -0.287. The molecule has 1 unspecified atom stereocenters. The van der Waals surface area contributed by atoms with Crippen LogP contribution in [0.4, 0.5) is 4.39 Å². The van der Waals surface area contributed by atoms with Crippen molar-refractivity contribution in [2.45, 2.75) is 12.5 Å². The van der Waals surface area contributed by atoms with Gasteiger partial charge in [0.05, 0.1) is 22.4 Å². The Morgan fingerprint density at radius 2 is 2.31 bits per heavy atom. The minimum atomic E-state index is -0.295. The topological polar surface area (TPSA) is 67.6 Å². The van der Waals surface area contributed by atoms with Crippen LogP contribution >= 0.6 is 15.9 Å². The molecular formula is C10H10BrFN4. The lowest BCUT2D eigenvalue weighted by atomic mass is 10.0. The number of halogens is 2. The van der Waals surface area contributed by atoms with E-state index in [0.29, 0.717) is 16.6 Å². The summed E-state index contributed by atoms with van der Waals surface area (Å²) in [5.41, 5.74) is 7.40. The van der Waals surface area contributed by atoms with Crippen LogP contribution in [0.15, 0.2) is 28.9 Å². The van der Waals surface area contributed by atoms with Crippen LogP contribution in [-0.2, 0) is 6.42 Å². The highest BCUT2D eigenvalue weighted by atomic mass is 79.9. The number of H-pyrrole nitrogens is 1. The first-order valence-corrected chi connectivity index (χ1v) is 5.52. The fourth-order valence-electron chi connectivity index (χ4n) is 1.44. The molecule has 3 N–H and O–H groups in total. The summed E-state index contributed by atoms with van der Waals surface area (Å²) in [7, 11) is 0. The predicted molar refractivity (Wildman–Crippen MR) is 61.1 cm³/mol. The Morgan fingerprint density at radius 1 is 1.50 bits per heavy atom. The number of aromatic nitrogens is 3. The van der Waals surface area contributed by atoms with Gasteiger partial charge in [-0.15, -0.1) is 0 Å². The van der Waals surface area contributed by atoms with Crippen LogP contribution in [0.1, 0.15) is 17.3 Å². The van der Waals surface area contributed by atoms with E-state index in [9.17, 15) is 4.39 Å². The van der Waals surface area contributed by atoms with E-state index in [4.69, 9.17) is 5.73 Å². The minimum absolute atomic E-state index is 0.287. The number of nitrogens with zero attached hydrogens (tertiary/aromatic N) is 2. The predicted octanol–water partition coefficient (Wildman–Crippen LogP) is 1.95. The van der Waals surface area contributed by atoms with Crippen molar-refractivity contribution in [2.24, 2.45) is 5.73 Å². The second-order valence-electron chi connectivity index (χ2n) is 3.42. The van der Waals surface area contributed by atoms with Crippen LogP contribution in [0.5, 0.6) is 0 Å². The third kappa shape index (κ3) is 2.28. The van der Waals surface area contributed by atoms with Crippen LogP contribution in [0.2, 0.25) is 0 Å². The third-order valence-electron chi connectivity index (χ3n) is 2.28. The smallest absolute Gasteiger partial charge is 0.137 e. The van der Waals surface area contributed by atoms with Gasteiger partial charge < -0.3 is 5.73 Å². The van der Waals surface area contributed by atoms with E-state index >= 15 is 0 Å². The molecule has 1 aromatic heterocycles. The summed E-state index contributed by atoms with van der Waals surface area (Å²) < 4.78 is 13.7. The summed E-state index contributed by atoms with van der Waals surface area (Å²) in [6, 6.07) is 4.59. The molecule has 2 rings (SSSR count). The lowest BCUT2D eigenvalue weighted by Crippen LogP contribution is -2.14. The maximum Gasteiger partial charge on any atom is 0.137 e. The summed E-state index contributed by atoms with van der Waals surface area (Å²) >= 11 is 3.20. The third-order valence-corrected chi connectivity index (χ3v) is 3.17. The van der Waals surface area contributed by atoms with Crippen LogP contribution in [-0.4, -0.2) is 15.4 Å². The summed E-state index contributed by atoms with van der Waals surface area (Å²) in [6.07, 6.45) is 2.07. The molecule has 0 radical (unpaired) electrons. The van der Waals surface area contributed by atoms with Gasteiger partial charge in [-0.25, -0.2) is 4.39 Å². The molecule has 0 aliphatic heterocycles. The van der Waals surface area contributed by atoms with E-state index in [-0.39, 0.29) is 11.9 Å². The van der Waals surface area contributed by atoms with Gasteiger partial charge in [-0.2, -0.15) is 15.4 Å². The molecule has 0 spiro atoms. The summed E-state index contributed by atoms with van der Waals surface area (Å²) in [6.45, 7) is 0. The van der Waals surface area contributed by atoms with Crippen molar-refractivity contribution in [1.29, 1.82) is 0 Å². The molecule has 1 atom stereocenters. The highest BCUT2D eigenvalue weighted by Gasteiger charge is 2.13. The molecule has 0 aliphatic rings. The van der Waals surface area contributed by atoms with E-state index in [1.165, 1.54) is 6.07 Å². The highest BCUT2D eigenvalue weighted by molar-refractivity contribution is 9.10. The van der Waals surface area contributed by atoms with Crippen molar-refractivity contribution in [2.75, 3.05) is 0 Å². The number of aromatic amines is 1. The SMILES string of the molecule is NC(Cc1cccc(F)c1Br)c1cn[nH]n1. The molecule has 0 amide bonds. The van der Waals surface area contributed by atoms with Gasteiger partial charge in [-0.1, -0.05) is 12.1 Å². The first-order valence-electron chi connectivity index (χ1n) is 4.72. The molecule has 16 heavy (non-hydrogen) atoms. The molecule has 4 nitrogen and oxygen atoms in total. The largest absolute Gasteiger partial charge is 0.322 e. The molecule has 0 saturated carbocycles. The molecule has 0 fully saturated rings. The molecule has 0 saturated heterocycles. The lowest BCUT2D eigenvalue weighted by Gasteiger charge is -2.10. The number of hydrogen-bond donors (Lipinski definition) is 2. The second kappa shape index (κ2) is 4.71. The van der Waals surface area contributed by atoms with Gasteiger partial charge in [0.2, 0.25) is 0 Å². The maximum absolute atomic E-state index is 13.3. The van der Waals surface area contributed by atoms with E-state index in [1.54, 1.807) is 12.3 Å². The van der Waals surface area contributed by atoms with E-state index in [1.807, 2.05) is 6.07 Å². The Bertz CT molecular complexity index is 472. The number of hydrogen-bond acceptors (Lipinski definition) is 3. The van der Waals surface area contributed by atoms with Gasteiger partial charge in [0.25, 0.3) is 0 Å². The zero-order valence-corrected chi connectivity index (χ0v) is 9.91. The summed E-state index contributed by atoms with van der Waals surface area (Å²) in [4.78, 5) is 0. The second-order valence-corrected chi connectivity index (χ2v) is 4.21. The van der Waals surface area contributed by atoms with Gasteiger partial charge in [0.1, 0.15) is 5.82 Å². The average Bonchev–Trinajstić information content (AvgIpc) is 2.78.